The highest BCUT2D eigenvalue weighted by atomic mass is 32.1. The van der Waals surface area contributed by atoms with E-state index in [1.54, 1.807) is 12.1 Å². The standard InChI is InChI=1S/C18H12N2O3S/c19-9-11(18-20-12-5-1-4-8-16(12)24-18)17(21)15-10-22-13-6-2-3-7-14(13)23-15/h1-8,11,15H,10H2/t11-,15-/m1/s1. The summed E-state index contributed by atoms with van der Waals surface area (Å²) in [5, 5.41) is 9.99. The summed E-state index contributed by atoms with van der Waals surface area (Å²) in [6.07, 6.45) is -0.809. The van der Waals surface area contributed by atoms with Gasteiger partial charge >= 0.3 is 0 Å². The lowest BCUT2D eigenvalue weighted by atomic mass is 10.0. The maximum absolute atomic E-state index is 12.8. The van der Waals surface area contributed by atoms with E-state index in [-0.39, 0.29) is 12.4 Å². The van der Waals surface area contributed by atoms with Crippen LogP contribution >= 0.6 is 11.3 Å². The molecule has 2 aromatic carbocycles. The highest BCUT2D eigenvalue weighted by Gasteiger charge is 2.35. The van der Waals surface area contributed by atoms with Gasteiger partial charge in [-0.15, -0.1) is 11.3 Å². The number of rotatable bonds is 3. The number of nitrogens with zero attached hydrogens (tertiary/aromatic N) is 2. The lowest BCUT2D eigenvalue weighted by Crippen LogP contribution is -2.39. The summed E-state index contributed by atoms with van der Waals surface area (Å²) in [6, 6.07) is 16.8. The van der Waals surface area contributed by atoms with Gasteiger partial charge in [0.25, 0.3) is 0 Å². The van der Waals surface area contributed by atoms with Crippen molar-refractivity contribution in [1.29, 1.82) is 5.26 Å². The van der Waals surface area contributed by atoms with E-state index >= 15 is 0 Å². The summed E-state index contributed by atoms with van der Waals surface area (Å²) in [4.78, 5) is 17.2. The zero-order chi connectivity index (χ0) is 16.5. The molecule has 4 rings (SSSR count). The van der Waals surface area contributed by atoms with Crippen LogP contribution in [-0.4, -0.2) is 23.5 Å². The third kappa shape index (κ3) is 2.49. The minimum atomic E-state index is -0.957. The number of thiazole rings is 1. The Bertz CT molecular complexity index is 927. The van der Waals surface area contributed by atoms with Gasteiger partial charge in [0.15, 0.2) is 23.5 Å². The Hall–Kier alpha value is -2.91. The number of aromatic nitrogens is 1. The van der Waals surface area contributed by atoms with Crippen molar-refractivity contribution >= 4 is 27.3 Å². The maximum Gasteiger partial charge on any atom is 0.200 e. The molecule has 0 fully saturated rings. The Morgan fingerprint density at radius 3 is 2.75 bits per heavy atom. The second kappa shape index (κ2) is 5.95. The minimum absolute atomic E-state index is 0.0962. The predicted octanol–water partition coefficient (Wildman–Crippen LogP) is 3.31. The van der Waals surface area contributed by atoms with Gasteiger partial charge in [0.1, 0.15) is 11.6 Å². The second-order valence-corrected chi connectivity index (χ2v) is 6.41. The highest BCUT2D eigenvalue weighted by Crippen LogP contribution is 2.34. The van der Waals surface area contributed by atoms with Crippen LogP contribution < -0.4 is 9.47 Å². The van der Waals surface area contributed by atoms with Crippen LogP contribution in [-0.2, 0) is 4.79 Å². The summed E-state index contributed by atoms with van der Waals surface area (Å²) in [5.41, 5.74) is 0.789. The molecule has 1 aliphatic heterocycles. The van der Waals surface area contributed by atoms with Crippen LogP contribution in [0.25, 0.3) is 10.2 Å². The first-order valence-electron chi connectivity index (χ1n) is 7.43. The Kier molecular flexibility index (Phi) is 3.63. The van der Waals surface area contributed by atoms with Crippen LogP contribution in [0, 0.1) is 11.3 Å². The van der Waals surface area contributed by atoms with Crippen molar-refractivity contribution in [3.63, 3.8) is 0 Å². The van der Waals surface area contributed by atoms with E-state index in [0.29, 0.717) is 16.5 Å². The highest BCUT2D eigenvalue weighted by molar-refractivity contribution is 7.18. The topological polar surface area (TPSA) is 72.2 Å². The molecule has 6 heteroatoms. The Balaban J connectivity index is 1.62. The van der Waals surface area contributed by atoms with Crippen molar-refractivity contribution in [3.8, 4) is 17.6 Å². The van der Waals surface area contributed by atoms with E-state index in [1.165, 1.54) is 11.3 Å². The number of para-hydroxylation sites is 3. The maximum atomic E-state index is 12.8. The van der Waals surface area contributed by atoms with Crippen LogP contribution in [0.4, 0.5) is 0 Å². The first-order chi connectivity index (χ1) is 11.8. The molecule has 1 aromatic heterocycles. The minimum Gasteiger partial charge on any atom is -0.485 e. The Morgan fingerprint density at radius 2 is 1.96 bits per heavy atom. The van der Waals surface area contributed by atoms with Crippen molar-refractivity contribution in [2.24, 2.45) is 0 Å². The molecular weight excluding hydrogens is 324 g/mol. The number of hydrogen-bond acceptors (Lipinski definition) is 6. The van der Waals surface area contributed by atoms with Crippen LogP contribution in [0.5, 0.6) is 11.5 Å². The van der Waals surface area contributed by atoms with Gasteiger partial charge in [-0.05, 0) is 24.3 Å². The molecule has 0 aliphatic carbocycles. The van der Waals surface area contributed by atoms with Crippen molar-refractivity contribution in [1.82, 2.24) is 4.98 Å². The Labute approximate surface area is 142 Å². The molecule has 5 nitrogen and oxygen atoms in total. The number of fused-ring (bicyclic) bond motifs is 2. The number of benzene rings is 2. The summed E-state index contributed by atoms with van der Waals surface area (Å²) in [6.45, 7) is 0.0962. The molecule has 0 N–H and O–H groups in total. The van der Waals surface area contributed by atoms with E-state index in [2.05, 4.69) is 11.1 Å². The number of hydrogen-bond donors (Lipinski definition) is 0. The predicted molar refractivity (Wildman–Crippen MR) is 89.3 cm³/mol. The van der Waals surface area contributed by atoms with Crippen molar-refractivity contribution in [2.75, 3.05) is 6.61 Å². The van der Waals surface area contributed by atoms with E-state index in [1.807, 2.05) is 36.4 Å². The Morgan fingerprint density at radius 1 is 1.21 bits per heavy atom. The van der Waals surface area contributed by atoms with Gasteiger partial charge in [-0.1, -0.05) is 24.3 Å². The molecule has 0 saturated heterocycles. The first kappa shape index (κ1) is 14.7. The fraction of sp³-hybridized carbons (Fsp3) is 0.167. The molecule has 2 heterocycles. The molecule has 0 unspecified atom stereocenters. The average Bonchev–Trinajstić information content (AvgIpc) is 3.05. The summed E-state index contributed by atoms with van der Waals surface area (Å²) in [7, 11) is 0. The fourth-order valence-electron chi connectivity index (χ4n) is 2.60. The molecule has 2 atom stereocenters. The molecule has 0 bridgehead atoms. The van der Waals surface area contributed by atoms with Crippen molar-refractivity contribution < 1.29 is 14.3 Å². The summed E-state index contributed by atoms with van der Waals surface area (Å²) >= 11 is 1.36. The average molecular weight is 336 g/mol. The summed E-state index contributed by atoms with van der Waals surface area (Å²) < 4.78 is 12.2. The SMILES string of the molecule is N#C[C@H](C(=O)[C@H]1COc2ccccc2O1)c1nc2ccccc2s1. The number of ether oxygens (including phenoxy) is 2. The number of carbonyl (C=O) groups excluding carboxylic acids is 1. The zero-order valence-corrected chi connectivity index (χ0v) is 13.3. The van der Waals surface area contributed by atoms with Gasteiger partial charge in [-0.2, -0.15) is 5.26 Å². The van der Waals surface area contributed by atoms with Crippen molar-refractivity contribution in [3.05, 3.63) is 53.5 Å². The van der Waals surface area contributed by atoms with Gasteiger partial charge in [-0.3, -0.25) is 4.79 Å². The van der Waals surface area contributed by atoms with E-state index in [9.17, 15) is 10.1 Å². The third-order valence-electron chi connectivity index (χ3n) is 3.80. The fourth-order valence-corrected chi connectivity index (χ4v) is 3.62. The number of nitriles is 1. The summed E-state index contributed by atoms with van der Waals surface area (Å²) in [5.74, 6) is -0.162. The third-order valence-corrected chi connectivity index (χ3v) is 4.90. The zero-order valence-electron chi connectivity index (χ0n) is 12.5. The molecule has 3 aromatic rings. The molecule has 24 heavy (non-hydrogen) atoms. The van der Waals surface area contributed by atoms with E-state index in [4.69, 9.17) is 9.47 Å². The molecule has 0 spiro atoms. The van der Waals surface area contributed by atoms with Gasteiger partial charge in [0, 0.05) is 0 Å². The number of carbonyl (C=O) groups is 1. The van der Waals surface area contributed by atoms with E-state index < -0.39 is 12.0 Å². The molecule has 0 saturated carbocycles. The first-order valence-corrected chi connectivity index (χ1v) is 8.25. The van der Waals surface area contributed by atoms with Crippen LogP contribution in [0.1, 0.15) is 10.9 Å². The molecule has 118 valence electrons. The number of Topliss-reactive ketones (excluding diaryl/α,β-unsaturated/α-hetero) is 1. The van der Waals surface area contributed by atoms with Crippen LogP contribution in [0.2, 0.25) is 0 Å². The monoisotopic (exact) mass is 336 g/mol. The second-order valence-electron chi connectivity index (χ2n) is 5.35. The largest absolute Gasteiger partial charge is 0.485 e. The van der Waals surface area contributed by atoms with Crippen LogP contribution in [0.15, 0.2) is 48.5 Å². The quantitative estimate of drug-likeness (QED) is 0.734. The molecule has 0 amide bonds. The van der Waals surface area contributed by atoms with Gasteiger partial charge < -0.3 is 9.47 Å². The molecular formula is C18H12N2O3S. The van der Waals surface area contributed by atoms with Gasteiger partial charge in [0.2, 0.25) is 5.78 Å². The van der Waals surface area contributed by atoms with Gasteiger partial charge in [-0.25, -0.2) is 4.98 Å². The van der Waals surface area contributed by atoms with E-state index in [0.717, 1.165) is 10.2 Å². The normalized spacial score (nSPS) is 17.2. The molecule has 1 aliphatic rings. The lowest BCUT2D eigenvalue weighted by Gasteiger charge is -2.26. The number of ketones is 1. The van der Waals surface area contributed by atoms with Gasteiger partial charge in [0.05, 0.1) is 16.3 Å². The van der Waals surface area contributed by atoms with Crippen LogP contribution in [0.3, 0.4) is 0 Å². The van der Waals surface area contributed by atoms with Crippen molar-refractivity contribution in [2.45, 2.75) is 12.0 Å². The smallest absolute Gasteiger partial charge is 0.200 e. The molecule has 0 radical (unpaired) electrons. The lowest BCUT2D eigenvalue weighted by molar-refractivity contribution is -0.128.